The van der Waals surface area contributed by atoms with Crippen LogP contribution < -0.4 is 11.0 Å². The normalized spacial score (nSPS) is 10.9. The van der Waals surface area contributed by atoms with E-state index >= 15 is 0 Å². The Morgan fingerprint density at radius 3 is 2.54 bits per heavy atom. The molecule has 1 aromatic heterocycles. The van der Waals surface area contributed by atoms with Gasteiger partial charge in [0.2, 0.25) is 0 Å². The summed E-state index contributed by atoms with van der Waals surface area (Å²) in [5.74, 6) is 0. The summed E-state index contributed by atoms with van der Waals surface area (Å²) in [5, 5.41) is 8.34. The number of hydrogen-bond acceptors (Lipinski definition) is 4. The molecule has 120 valence electrons. The van der Waals surface area contributed by atoms with Crippen LogP contribution in [0, 0.1) is 6.92 Å². The minimum Gasteiger partial charge on any atom is -0.275 e. The number of rotatable bonds is 4. The largest absolute Gasteiger partial charge is 0.287 e. The molecule has 1 heterocycles. The minimum atomic E-state index is -0.253. The van der Waals surface area contributed by atoms with Gasteiger partial charge in [0.1, 0.15) is 4.47 Å². The second-order valence-corrected chi connectivity index (χ2v) is 6.00. The van der Waals surface area contributed by atoms with Gasteiger partial charge in [0.25, 0.3) is 5.56 Å². The van der Waals surface area contributed by atoms with Crippen molar-refractivity contribution in [2.45, 2.75) is 6.92 Å². The first-order valence-corrected chi connectivity index (χ1v) is 8.13. The highest BCUT2D eigenvalue weighted by molar-refractivity contribution is 9.10. The quantitative estimate of drug-likeness (QED) is 0.552. The molecule has 0 aliphatic carbocycles. The summed E-state index contributed by atoms with van der Waals surface area (Å²) in [7, 11) is 0. The van der Waals surface area contributed by atoms with Crippen molar-refractivity contribution < 1.29 is 0 Å². The van der Waals surface area contributed by atoms with Gasteiger partial charge < -0.3 is 0 Å². The van der Waals surface area contributed by atoms with Gasteiger partial charge in [0, 0.05) is 0 Å². The van der Waals surface area contributed by atoms with E-state index in [9.17, 15) is 4.79 Å². The van der Waals surface area contributed by atoms with E-state index in [1.807, 2.05) is 61.5 Å². The number of para-hydroxylation sites is 1. The van der Waals surface area contributed by atoms with E-state index in [2.05, 4.69) is 31.6 Å². The predicted molar refractivity (Wildman–Crippen MR) is 99.9 cm³/mol. The maximum absolute atomic E-state index is 12.4. The van der Waals surface area contributed by atoms with Crippen LogP contribution in [0.4, 0.5) is 5.69 Å². The molecule has 0 saturated heterocycles. The fourth-order valence-corrected chi connectivity index (χ4v) is 2.45. The zero-order valence-corrected chi connectivity index (χ0v) is 14.6. The van der Waals surface area contributed by atoms with Crippen molar-refractivity contribution in [1.82, 2.24) is 9.78 Å². The van der Waals surface area contributed by atoms with Crippen molar-refractivity contribution in [3.05, 3.63) is 86.7 Å². The molecule has 1 N–H and O–H groups in total. The molecule has 0 aliphatic heterocycles. The van der Waals surface area contributed by atoms with E-state index in [1.54, 1.807) is 12.4 Å². The number of nitrogens with one attached hydrogen (secondary N) is 1. The number of halogens is 1. The van der Waals surface area contributed by atoms with Crippen LogP contribution in [-0.4, -0.2) is 16.0 Å². The third kappa shape index (κ3) is 3.60. The summed E-state index contributed by atoms with van der Waals surface area (Å²) in [6.07, 6.45) is 3.25. The monoisotopic (exact) mass is 382 g/mol. The Hall–Kier alpha value is -2.73. The Morgan fingerprint density at radius 1 is 1.12 bits per heavy atom. The van der Waals surface area contributed by atoms with E-state index in [-0.39, 0.29) is 5.56 Å². The molecular weight excluding hydrogens is 368 g/mol. The van der Waals surface area contributed by atoms with Gasteiger partial charge in [0.15, 0.2) is 0 Å². The van der Waals surface area contributed by atoms with Crippen LogP contribution in [0.5, 0.6) is 0 Å². The highest BCUT2D eigenvalue weighted by Crippen LogP contribution is 2.17. The lowest BCUT2D eigenvalue weighted by Gasteiger charge is -2.07. The second-order valence-electron chi connectivity index (χ2n) is 5.21. The van der Waals surface area contributed by atoms with Crippen LogP contribution in [0.2, 0.25) is 0 Å². The van der Waals surface area contributed by atoms with E-state index in [0.717, 1.165) is 5.56 Å². The van der Waals surface area contributed by atoms with Crippen molar-refractivity contribution >= 4 is 27.8 Å². The SMILES string of the molecule is Cc1ccc(/C=N\Nc2cnn(-c3ccccc3)c(=O)c2Br)cc1. The third-order valence-corrected chi connectivity index (χ3v) is 4.16. The van der Waals surface area contributed by atoms with Crippen molar-refractivity contribution in [3.8, 4) is 5.69 Å². The molecule has 0 unspecified atom stereocenters. The van der Waals surface area contributed by atoms with Gasteiger partial charge in [-0.2, -0.15) is 14.9 Å². The fraction of sp³-hybridized carbons (Fsp3) is 0.0556. The summed E-state index contributed by atoms with van der Waals surface area (Å²) in [4.78, 5) is 12.4. The summed E-state index contributed by atoms with van der Waals surface area (Å²) < 4.78 is 1.71. The predicted octanol–water partition coefficient (Wildman–Crippen LogP) is 3.75. The van der Waals surface area contributed by atoms with Crippen LogP contribution in [0.3, 0.4) is 0 Å². The molecule has 0 atom stereocenters. The first kappa shape index (κ1) is 16.1. The topological polar surface area (TPSA) is 59.3 Å². The van der Waals surface area contributed by atoms with Crippen LogP contribution >= 0.6 is 15.9 Å². The highest BCUT2D eigenvalue weighted by Gasteiger charge is 2.09. The van der Waals surface area contributed by atoms with Gasteiger partial charge in [-0.05, 0) is 40.5 Å². The van der Waals surface area contributed by atoms with Crippen molar-refractivity contribution in [3.63, 3.8) is 0 Å². The number of nitrogens with zero attached hydrogens (tertiary/aromatic N) is 3. The molecule has 24 heavy (non-hydrogen) atoms. The second kappa shape index (κ2) is 7.23. The Bertz CT molecular complexity index is 918. The average Bonchev–Trinajstić information content (AvgIpc) is 2.61. The van der Waals surface area contributed by atoms with E-state index < -0.39 is 0 Å². The molecule has 0 bridgehead atoms. The maximum Gasteiger partial charge on any atom is 0.287 e. The minimum absolute atomic E-state index is 0.253. The lowest BCUT2D eigenvalue weighted by Crippen LogP contribution is -2.22. The fourth-order valence-electron chi connectivity index (χ4n) is 2.09. The zero-order valence-electron chi connectivity index (χ0n) is 13.0. The summed E-state index contributed by atoms with van der Waals surface area (Å²) in [6, 6.07) is 17.2. The Morgan fingerprint density at radius 2 is 1.83 bits per heavy atom. The van der Waals surface area contributed by atoms with Crippen molar-refractivity contribution in [2.75, 3.05) is 5.43 Å². The summed E-state index contributed by atoms with van der Waals surface area (Å²) in [5.41, 5.74) is 5.96. The number of anilines is 1. The van der Waals surface area contributed by atoms with Crippen LogP contribution in [0.15, 0.2) is 75.2 Å². The molecule has 3 rings (SSSR count). The molecule has 6 heteroatoms. The number of aromatic nitrogens is 2. The average molecular weight is 383 g/mol. The van der Waals surface area contributed by atoms with Gasteiger partial charge in [0.05, 0.1) is 23.8 Å². The zero-order chi connectivity index (χ0) is 16.9. The standard InChI is InChI=1S/C18H15BrN4O/c1-13-7-9-14(10-8-13)11-20-22-16-12-21-23(18(24)17(16)19)15-5-3-2-4-6-15/h2-12,22H,1H3/b20-11-. The molecule has 0 aliphatic rings. The number of hydrazone groups is 1. The van der Waals surface area contributed by atoms with E-state index in [0.29, 0.717) is 15.8 Å². The van der Waals surface area contributed by atoms with E-state index in [4.69, 9.17) is 0 Å². The number of benzene rings is 2. The molecule has 0 spiro atoms. The number of hydrogen-bond donors (Lipinski definition) is 1. The maximum atomic E-state index is 12.4. The molecule has 3 aromatic rings. The lowest BCUT2D eigenvalue weighted by atomic mass is 10.2. The first-order valence-electron chi connectivity index (χ1n) is 7.34. The lowest BCUT2D eigenvalue weighted by molar-refractivity contribution is 0.801. The molecular formula is C18H15BrN4O. The molecule has 2 aromatic carbocycles. The summed E-state index contributed by atoms with van der Waals surface area (Å²) in [6.45, 7) is 2.03. The van der Waals surface area contributed by atoms with Crippen LogP contribution in [0.25, 0.3) is 5.69 Å². The van der Waals surface area contributed by atoms with Crippen LogP contribution in [-0.2, 0) is 0 Å². The van der Waals surface area contributed by atoms with Gasteiger partial charge in [-0.25, -0.2) is 0 Å². The molecule has 5 nitrogen and oxygen atoms in total. The van der Waals surface area contributed by atoms with Gasteiger partial charge >= 0.3 is 0 Å². The summed E-state index contributed by atoms with van der Waals surface area (Å²) >= 11 is 3.31. The van der Waals surface area contributed by atoms with Crippen LogP contribution in [0.1, 0.15) is 11.1 Å². The third-order valence-electron chi connectivity index (χ3n) is 3.40. The molecule has 0 amide bonds. The molecule has 0 fully saturated rings. The van der Waals surface area contributed by atoms with Crippen molar-refractivity contribution in [2.24, 2.45) is 5.10 Å². The number of aryl methyl sites for hydroxylation is 1. The molecule has 0 saturated carbocycles. The highest BCUT2D eigenvalue weighted by atomic mass is 79.9. The van der Waals surface area contributed by atoms with E-state index in [1.165, 1.54) is 10.2 Å². The first-order chi connectivity index (χ1) is 11.6. The van der Waals surface area contributed by atoms with Gasteiger partial charge in [-0.1, -0.05) is 48.0 Å². The Kier molecular flexibility index (Phi) is 4.86. The molecule has 0 radical (unpaired) electrons. The Labute approximate surface area is 147 Å². The van der Waals surface area contributed by atoms with Gasteiger partial charge in [-0.15, -0.1) is 0 Å². The van der Waals surface area contributed by atoms with Gasteiger partial charge in [-0.3, -0.25) is 10.2 Å². The van der Waals surface area contributed by atoms with Crippen molar-refractivity contribution in [1.29, 1.82) is 0 Å². The smallest absolute Gasteiger partial charge is 0.275 e. The Balaban J connectivity index is 1.81.